The molecule has 6 heteroatoms. The van der Waals surface area contributed by atoms with Crippen LogP contribution in [0.2, 0.25) is 0 Å². The summed E-state index contributed by atoms with van der Waals surface area (Å²) >= 11 is 5.78. The Balaban J connectivity index is 3.28. The van der Waals surface area contributed by atoms with Crippen LogP contribution in [0.5, 0.6) is 0 Å². The van der Waals surface area contributed by atoms with Gasteiger partial charge in [0.2, 0.25) is 9.99 Å². The highest BCUT2D eigenvalue weighted by molar-refractivity contribution is 7.95. The number of Topliss-reactive ketones (excluding diaryl/α,β-unsaturated/α-hetero) is 1. The first-order valence-corrected chi connectivity index (χ1v) is 6.97. The third kappa shape index (κ3) is 2.50. The summed E-state index contributed by atoms with van der Waals surface area (Å²) in [6.07, 6.45) is 0. The van der Waals surface area contributed by atoms with Crippen molar-refractivity contribution in [1.29, 1.82) is 0 Å². The highest BCUT2D eigenvalue weighted by Gasteiger charge is 2.44. The molecule has 0 N–H and O–H groups in total. The molecular weight excluding hydrogens is 267 g/mol. The van der Waals surface area contributed by atoms with E-state index in [9.17, 15) is 17.6 Å². The molecule has 1 aromatic carbocycles. The molecule has 0 radical (unpaired) electrons. The second-order valence-electron chi connectivity index (χ2n) is 3.63. The van der Waals surface area contributed by atoms with Crippen molar-refractivity contribution in [2.24, 2.45) is 0 Å². The standard InChI is InChI=1S/C11H12ClFO3S/c1-3-17(15,16)11(2,12)10(14)8-6-4-5-7-9(8)13/h4-7H,3H2,1-2H3. The molecular formula is C11H12ClFO3S. The number of hydrogen-bond donors (Lipinski definition) is 0. The van der Waals surface area contributed by atoms with Crippen molar-refractivity contribution in [3.05, 3.63) is 35.6 Å². The zero-order chi connectivity index (χ0) is 13.3. The summed E-state index contributed by atoms with van der Waals surface area (Å²) in [6.45, 7) is 2.45. The molecule has 0 fully saturated rings. The topological polar surface area (TPSA) is 51.2 Å². The van der Waals surface area contributed by atoms with Crippen LogP contribution < -0.4 is 0 Å². The highest BCUT2D eigenvalue weighted by atomic mass is 35.5. The summed E-state index contributed by atoms with van der Waals surface area (Å²) in [7, 11) is -3.81. The molecule has 0 aliphatic carbocycles. The number of carbonyl (C=O) groups is 1. The first-order valence-electron chi connectivity index (χ1n) is 4.94. The first kappa shape index (κ1) is 14.1. The number of carbonyl (C=O) groups excluding carboxylic acids is 1. The van der Waals surface area contributed by atoms with Crippen molar-refractivity contribution in [2.75, 3.05) is 5.75 Å². The van der Waals surface area contributed by atoms with Crippen molar-refractivity contribution >= 4 is 27.2 Å². The predicted molar refractivity (Wildman–Crippen MR) is 64.4 cm³/mol. The van der Waals surface area contributed by atoms with Gasteiger partial charge in [0.15, 0.2) is 9.84 Å². The minimum absolute atomic E-state index is 0.285. The van der Waals surface area contributed by atoms with Gasteiger partial charge in [0.05, 0.1) is 5.56 Å². The Morgan fingerprint density at radius 2 is 1.94 bits per heavy atom. The quantitative estimate of drug-likeness (QED) is 0.628. The van der Waals surface area contributed by atoms with E-state index in [1.807, 2.05) is 0 Å². The number of ketones is 1. The van der Waals surface area contributed by atoms with Gasteiger partial charge in [0.25, 0.3) is 0 Å². The molecule has 0 aromatic heterocycles. The van der Waals surface area contributed by atoms with Gasteiger partial charge in [-0.15, -0.1) is 0 Å². The summed E-state index contributed by atoms with van der Waals surface area (Å²) in [5.41, 5.74) is -0.318. The van der Waals surface area contributed by atoms with E-state index in [1.54, 1.807) is 0 Å². The van der Waals surface area contributed by atoms with E-state index >= 15 is 0 Å². The Labute approximate surface area is 105 Å². The SMILES string of the molecule is CCS(=O)(=O)C(C)(Cl)C(=O)c1ccccc1F. The van der Waals surface area contributed by atoms with Gasteiger partial charge in [-0.3, -0.25) is 4.79 Å². The van der Waals surface area contributed by atoms with Gasteiger partial charge in [-0.2, -0.15) is 0 Å². The van der Waals surface area contributed by atoms with Crippen LogP contribution in [-0.4, -0.2) is 24.2 Å². The van der Waals surface area contributed by atoms with Crippen molar-refractivity contribution < 1.29 is 17.6 Å². The molecule has 1 rings (SSSR count). The molecule has 0 saturated carbocycles. The molecule has 1 atom stereocenters. The van der Waals surface area contributed by atoms with Crippen LogP contribution >= 0.6 is 11.6 Å². The molecule has 0 saturated heterocycles. The second-order valence-corrected chi connectivity index (χ2v) is 7.23. The van der Waals surface area contributed by atoms with E-state index in [1.165, 1.54) is 25.1 Å². The summed E-state index contributed by atoms with van der Waals surface area (Å²) in [5, 5.41) is 0. The Hall–Kier alpha value is -0.940. The van der Waals surface area contributed by atoms with Crippen molar-refractivity contribution in [3.8, 4) is 0 Å². The fourth-order valence-corrected chi connectivity index (χ4v) is 2.66. The number of sulfone groups is 1. The predicted octanol–water partition coefficient (Wildman–Crippen LogP) is 2.40. The van der Waals surface area contributed by atoms with Crippen LogP contribution in [0.1, 0.15) is 24.2 Å². The molecule has 3 nitrogen and oxygen atoms in total. The van der Waals surface area contributed by atoms with Gasteiger partial charge < -0.3 is 0 Å². The Morgan fingerprint density at radius 3 is 2.41 bits per heavy atom. The van der Waals surface area contributed by atoms with Crippen LogP contribution in [0.15, 0.2) is 24.3 Å². The van der Waals surface area contributed by atoms with Gasteiger partial charge >= 0.3 is 0 Å². The first-order chi connectivity index (χ1) is 7.74. The van der Waals surface area contributed by atoms with Crippen LogP contribution in [0.25, 0.3) is 0 Å². The van der Waals surface area contributed by atoms with Crippen molar-refractivity contribution in [1.82, 2.24) is 0 Å². The van der Waals surface area contributed by atoms with Crippen molar-refractivity contribution in [3.63, 3.8) is 0 Å². The molecule has 0 spiro atoms. The Kier molecular flexibility index (Phi) is 3.94. The van der Waals surface area contributed by atoms with E-state index in [2.05, 4.69) is 0 Å². The number of halogens is 2. The molecule has 0 aliphatic heterocycles. The lowest BCUT2D eigenvalue weighted by Crippen LogP contribution is -2.39. The van der Waals surface area contributed by atoms with Gasteiger partial charge in [0, 0.05) is 5.75 Å². The molecule has 94 valence electrons. The molecule has 0 aliphatic rings. The average Bonchev–Trinajstić information content (AvgIpc) is 2.28. The van der Waals surface area contributed by atoms with E-state index in [-0.39, 0.29) is 11.3 Å². The summed E-state index contributed by atoms with van der Waals surface area (Å²) in [6, 6.07) is 5.15. The summed E-state index contributed by atoms with van der Waals surface area (Å²) in [4.78, 5) is 11.9. The molecule has 0 amide bonds. The van der Waals surface area contributed by atoms with E-state index in [0.29, 0.717) is 0 Å². The van der Waals surface area contributed by atoms with Crippen LogP contribution in [0.4, 0.5) is 4.39 Å². The molecule has 1 unspecified atom stereocenters. The minimum Gasteiger partial charge on any atom is -0.291 e. The second kappa shape index (κ2) is 4.74. The summed E-state index contributed by atoms with van der Waals surface area (Å²) < 4.78 is 34.6. The summed E-state index contributed by atoms with van der Waals surface area (Å²) in [5.74, 6) is -2.01. The fraction of sp³-hybridized carbons (Fsp3) is 0.364. The minimum atomic E-state index is -3.81. The van der Waals surface area contributed by atoms with Gasteiger partial charge in [-0.1, -0.05) is 30.7 Å². The van der Waals surface area contributed by atoms with Crippen LogP contribution in [0, 0.1) is 5.82 Å². The zero-order valence-corrected chi connectivity index (χ0v) is 11.0. The largest absolute Gasteiger partial charge is 0.291 e. The third-order valence-corrected chi connectivity index (χ3v) is 5.48. The number of alkyl halides is 1. The Bertz CT molecular complexity index is 537. The third-order valence-electron chi connectivity index (χ3n) is 2.49. The highest BCUT2D eigenvalue weighted by Crippen LogP contribution is 2.28. The van der Waals surface area contributed by atoms with Gasteiger partial charge in [-0.25, -0.2) is 12.8 Å². The smallest absolute Gasteiger partial charge is 0.205 e. The molecule has 17 heavy (non-hydrogen) atoms. The monoisotopic (exact) mass is 278 g/mol. The average molecular weight is 279 g/mol. The molecule has 0 bridgehead atoms. The fourth-order valence-electron chi connectivity index (χ4n) is 1.30. The lowest BCUT2D eigenvalue weighted by Gasteiger charge is -2.20. The lowest BCUT2D eigenvalue weighted by atomic mass is 10.1. The lowest BCUT2D eigenvalue weighted by molar-refractivity contribution is 0.0974. The molecule has 1 aromatic rings. The Morgan fingerprint density at radius 1 is 1.41 bits per heavy atom. The molecule has 0 heterocycles. The van der Waals surface area contributed by atoms with Gasteiger partial charge in [-0.05, 0) is 19.1 Å². The van der Waals surface area contributed by atoms with Crippen LogP contribution in [0.3, 0.4) is 0 Å². The van der Waals surface area contributed by atoms with E-state index in [0.717, 1.165) is 13.0 Å². The van der Waals surface area contributed by atoms with Crippen molar-refractivity contribution in [2.45, 2.75) is 18.1 Å². The number of rotatable bonds is 4. The maximum absolute atomic E-state index is 13.4. The normalized spacial score (nSPS) is 15.3. The zero-order valence-electron chi connectivity index (χ0n) is 9.41. The number of benzene rings is 1. The number of hydrogen-bond acceptors (Lipinski definition) is 3. The maximum Gasteiger partial charge on any atom is 0.205 e. The maximum atomic E-state index is 13.4. The van der Waals surface area contributed by atoms with Crippen LogP contribution in [-0.2, 0) is 9.84 Å². The van der Waals surface area contributed by atoms with E-state index in [4.69, 9.17) is 11.6 Å². The van der Waals surface area contributed by atoms with Gasteiger partial charge in [0.1, 0.15) is 5.82 Å². The van der Waals surface area contributed by atoms with E-state index < -0.39 is 25.6 Å².